The Labute approximate surface area is 159 Å². The highest BCUT2D eigenvalue weighted by Crippen LogP contribution is 2.13. The molecule has 0 radical (unpaired) electrons. The lowest BCUT2D eigenvalue weighted by Crippen LogP contribution is -2.42. The quantitative estimate of drug-likeness (QED) is 0.665. The zero-order valence-corrected chi connectivity index (χ0v) is 15.6. The van der Waals surface area contributed by atoms with Crippen molar-refractivity contribution >= 4 is 11.6 Å². The fourth-order valence-electron chi connectivity index (χ4n) is 2.89. The van der Waals surface area contributed by atoms with E-state index in [0.717, 1.165) is 24.3 Å². The van der Waals surface area contributed by atoms with E-state index in [-0.39, 0.29) is 11.9 Å². The Morgan fingerprint density at radius 2 is 1.78 bits per heavy atom. The van der Waals surface area contributed by atoms with Gasteiger partial charge >= 0.3 is 0 Å². The van der Waals surface area contributed by atoms with Gasteiger partial charge in [0.05, 0.1) is 18.3 Å². The Hall–Kier alpha value is -3.06. The van der Waals surface area contributed by atoms with Crippen molar-refractivity contribution in [2.75, 3.05) is 11.9 Å². The van der Waals surface area contributed by atoms with Gasteiger partial charge in [0.1, 0.15) is 0 Å². The average molecular weight is 364 g/mol. The molecule has 0 aliphatic heterocycles. The zero-order valence-electron chi connectivity index (χ0n) is 15.6. The summed E-state index contributed by atoms with van der Waals surface area (Å²) < 4.78 is 1.71. The molecule has 0 saturated heterocycles. The number of nitrogens with zero attached hydrogens (tertiary/aromatic N) is 5. The molecule has 140 valence electrons. The molecule has 7 nitrogen and oxygen atoms in total. The molecule has 2 aromatic carbocycles. The Bertz CT molecular complexity index is 849. The van der Waals surface area contributed by atoms with E-state index in [1.54, 1.807) is 4.68 Å². The van der Waals surface area contributed by atoms with Crippen LogP contribution in [0.3, 0.4) is 0 Å². The second kappa shape index (κ2) is 9.05. The van der Waals surface area contributed by atoms with E-state index < -0.39 is 0 Å². The standard InChI is InChI=1S/C20H24N6O/c1-3-14-25(16(2)20(27)21-17-10-6-4-7-11-17)15-19-22-23-24-26(19)18-12-8-5-9-13-18/h4-13,16H,3,14-15H2,1-2H3,(H,21,27)/t16-/m1/s1. The second-order valence-electron chi connectivity index (χ2n) is 6.34. The van der Waals surface area contributed by atoms with Crippen LogP contribution in [0.5, 0.6) is 0 Å². The Balaban J connectivity index is 1.74. The first kappa shape index (κ1) is 18.7. The van der Waals surface area contributed by atoms with E-state index in [1.165, 1.54) is 0 Å². The lowest BCUT2D eigenvalue weighted by Gasteiger charge is -2.27. The molecule has 1 atom stereocenters. The summed E-state index contributed by atoms with van der Waals surface area (Å²) in [6, 6.07) is 18.9. The van der Waals surface area contributed by atoms with Crippen LogP contribution in [-0.2, 0) is 11.3 Å². The predicted octanol–water partition coefficient (Wildman–Crippen LogP) is 2.90. The molecule has 0 aliphatic rings. The smallest absolute Gasteiger partial charge is 0.241 e. The maximum Gasteiger partial charge on any atom is 0.241 e. The van der Waals surface area contributed by atoms with Gasteiger partial charge in [0.15, 0.2) is 5.82 Å². The number of benzene rings is 2. The molecule has 7 heteroatoms. The minimum Gasteiger partial charge on any atom is -0.325 e. The number of carbonyl (C=O) groups excluding carboxylic acids is 1. The van der Waals surface area contributed by atoms with Crippen LogP contribution in [0.15, 0.2) is 60.7 Å². The van der Waals surface area contributed by atoms with Crippen LogP contribution in [0.25, 0.3) is 5.69 Å². The van der Waals surface area contributed by atoms with Gasteiger partial charge in [0.25, 0.3) is 0 Å². The number of rotatable bonds is 8. The van der Waals surface area contributed by atoms with Crippen LogP contribution in [0.2, 0.25) is 0 Å². The van der Waals surface area contributed by atoms with Crippen molar-refractivity contribution in [1.29, 1.82) is 0 Å². The number of anilines is 1. The summed E-state index contributed by atoms with van der Waals surface area (Å²) in [6.07, 6.45) is 0.926. The molecule has 1 heterocycles. The third-order valence-electron chi connectivity index (χ3n) is 4.36. The van der Waals surface area contributed by atoms with Gasteiger partial charge in [-0.15, -0.1) is 5.10 Å². The molecule has 0 saturated carbocycles. The van der Waals surface area contributed by atoms with E-state index in [1.807, 2.05) is 67.6 Å². The van der Waals surface area contributed by atoms with Crippen LogP contribution in [-0.4, -0.2) is 43.6 Å². The third kappa shape index (κ3) is 4.77. The molecule has 0 bridgehead atoms. The van der Waals surface area contributed by atoms with Crippen molar-refractivity contribution < 1.29 is 4.79 Å². The number of hydrogen-bond acceptors (Lipinski definition) is 5. The predicted molar refractivity (Wildman–Crippen MR) is 104 cm³/mol. The molecule has 0 spiro atoms. The van der Waals surface area contributed by atoms with Gasteiger partial charge in [-0.2, -0.15) is 4.68 Å². The van der Waals surface area contributed by atoms with Crippen LogP contribution < -0.4 is 5.32 Å². The van der Waals surface area contributed by atoms with Gasteiger partial charge in [-0.05, 0) is 54.6 Å². The zero-order chi connectivity index (χ0) is 19.1. The molecule has 0 aliphatic carbocycles. The second-order valence-corrected chi connectivity index (χ2v) is 6.34. The van der Waals surface area contributed by atoms with E-state index in [2.05, 4.69) is 32.7 Å². The lowest BCUT2D eigenvalue weighted by atomic mass is 10.2. The van der Waals surface area contributed by atoms with Crippen molar-refractivity contribution in [2.45, 2.75) is 32.9 Å². The molecule has 1 aromatic heterocycles. The summed E-state index contributed by atoms with van der Waals surface area (Å²) in [5, 5.41) is 15.1. The van der Waals surface area contributed by atoms with Gasteiger partial charge in [0, 0.05) is 5.69 Å². The SMILES string of the molecule is CCCN(Cc1nnnn1-c1ccccc1)[C@H](C)C(=O)Nc1ccccc1. The highest BCUT2D eigenvalue weighted by atomic mass is 16.2. The van der Waals surface area contributed by atoms with E-state index in [0.29, 0.717) is 12.4 Å². The topological polar surface area (TPSA) is 75.9 Å². The summed E-state index contributed by atoms with van der Waals surface area (Å²) in [6.45, 7) is 5.25. The molecule has 0 unspecified atom stereocenters. The van der Waals surface area contributed by atoms with Gasteiger partial charge in [-0.3, -0.25) is 9.69 Å². The first-order valence-corrected chi connectivity index (χ1v) is 9.11. The van der Waals surface area contributed by atoms with Gasteiger partial charge in [0.2, 0.25) is 5.91 Å². The van der Waals surface area contributed by atoms with Crippen LogP contribution in [0.4, 0.5) is 5.69 Å². The lowest BCUT2D eigenvalue weighted by molar-refractivity contribution is -0.121. The third-order valence-corrected chi connectivity index (χ3v) is 4.36. The molecule has 27 heavy (non-hydrogen) atoms. The average Bonchev–Trinajstić information content (AvgIpc) is 3.17. The first-order valence-electron chi connectivity index (χ1n) is 9.11. The number of carbonyl (C=O) groups is 1. The fourth-order valence-corrected chi connectivity index (χ4v) is 2.89. The number of tetrazole rings is 1. The molecule has 1 N–H and O–H groups in total. The van der Waals surface area contributed by atoms with E-state index in [4.69, 9.17) is 0 Å². The van der Waals surface area contributed by atoms with Crippen molar-refractivity contribution in [3.8, 4) is 5.69 Å². The molecular formula is C20H24N6O. The fraction of sp³-hybridized carbons (Fsp3) is 0.300. The Morgan fingerprint density at radius 3 is 2.44 bits per heavy atom. The summed E-state index contributed by atoms with van der Waals surface area (Å²) in [4.78, 5) is 14.8. The number of amides is 1. The molecular weight excluding hydrogens is 340 g/mol. The molecule has 0 fully saturated rings. The molecule has 1 amide bonds. The van der Waals surface area contributed by atoms with E-state index >= 15 is 0 Å². The number of nitrogens with one attached hydrogen (secondary N) is 1. The van der Waals surface area contributed by atoms with Gasteiger partial charge in [-0.1, -0.05) is 43.3 Å². The Kier molecular flexibility index (Phi) is 6.27. The van der Waals surface area contributed by atoms with Crippen molar-refractivity contribution in [2.24, 2.45) is 0 Å². The maximum absolute atomic E-state index is 12.7. The molecule has 3 rings (SSSR count). The number of para-hydroxylation sites is 2. The highest BCUT2D eigenvalue weighted by Gasteiger charge is 2.23. The summed E-state index contributed by atoms with van der Waals surface area (Å²) in [5.74, 6) is 0.655. The minimum absolute atomic E-state index is 0.0478. The van der Waals surface area contributed by atoms with E-state index in [9.17, 15) is 4.79 Å². The van der Waals surface area contributed by atoms with Crippen molar-refractivity contribution in [1.82, 2.24) is 25.1 Å². The Morgan fingerprint density at radius 1 is 1.11 bits per heavy atom. The van der Waals surface area contributed by atoms with Crippen molar-refractivity contribution in [3.63, 3.8) is 0 Å². The monoisotopic (exact) mass is 364 g/mol. The minimum atomic E-state index is -0.314. The van der Waals surface area contributed by atoms with Crippen LogP contribution >= 0.6 is 0 Å². The van der Waals surface area contributed by atoms with Crippen LogP contribution in [0.1, 0.15) is 26.1 Å². The summed E-state index contributed by atoms with van der Waals surface area (Å²) in [5.41, 5.74) is 1.69. The summed E-state index contributed by atoms with van der Waals surface area (Å²) >= 11 is 0. The largest absolute Gasteiger partial charge is 0.325 e. The highest BCUT2D eigenvalue weighted by molar-refractivity contribution is 5.94. The van der Waals surface area contributed by atoms with Crippen LogP contribution in [0, 0.1) is 0 Å². The van der Waals surface area contributed by atoms with Gasteiger partial charge < -0.3 is 5.32 Å². The number of aromatic nitrogens is 4. The number of hydrogen-bond donors (Lipinski definition) is 1. The normalized spacial score (nSPS) is 12.1. The summed E-state index contributed by atoms with van der Waals surface area (Å²) in [7, 11) is 0. The van der Waals surface area contributed by atoms with Crippen molar-refractivity contribution in [3.05, 3.63) is 66.5 Å². The maximum atomic E-state index is 12.7. The van der Waals surface area contributed by atoms with Gasteiger partial charge in [-0.25, -0.2) is 0 Å². The molecule has 3 aromatic rings. The first-order chi connectivity index (χ1) is 13.2.